The second-order valence-electron chi connectivity index (χ2n) is 10.3. The molecule has 0 aromatic carbocycles. The summed E-state index contributed by atoms with van der Waals surface area (Å²) in [6.07, 6.45) is 7.46. The molecule has 2 bridgehead atoms. The van der Waals surface area contributed by atoms with Crippen molar-refractivity contribution in [1.82, 2.24) is 9.80 Å². The van der Waals surface area contributed by atoms with Crippen molar-refractivity contribution in [2.45, 2.75) is 85.3 Å². The number of carbonyl (C=O) groups is 3. The number of rotatable bonds is 8. The fourth-order valence-electron chi connectivity index (χ4n) is 6.71. The number of hydrogen-bond donors (Lipinski definition) is 2. The Labute approximate surface area is 208 Å². The van der Waals surface area contributed by atoms with Crippen LogP contribution in [0, 0.1) is 17.8 Å². The minimum absolute atomic E-state index is 0.0720. The van der Waals surface area contributed by atoms with E-state index >= 15 is 0 Å². The van der Waals surface area contributed by atoms with Crippen LogP contribution >= 0.6 is 27.7 Å². The molecule has 4 rings (SSSR count). The molecular formula is C24H35BrN2O5S. The number of likely N-dealkylation sites (tertiary alicyclic amines) is 1. The molecule has 1 spiro atoms. The van der Waals surface area contributed by atoms with Crippen LogP contribution in [-0.4, -0.2) is 83.9 Å². The molecule has 2 amide bonds. The minimum atomic E-state index is -0.981. The molecule has 184 valence electrons. The number of carboxylic acid groups (broad SMARTS) is 1. The van der Waals surface area contributed by atoms with Crippen molar-refractivity contribution in [1.29, 1.82) is 0 Å². The number of amides is 2. The largest absolute Gasteiger partial charge is 0.481 e. The minimum Gasteiger partial charge on any atom is -0.481 e. The highest BCUT2D eigenvalue weighted by atomic mass is 79.9. The average molecular weight is 544 g/mol. The number of carbonyl (C=O) groups excluding carboxylic acids is 2. The van der Waals surface area contributed by atoms with E-state index in [0.29, 0.717) is 13.0 Å². The molecule has 4 aliphatic rings. The fourth-order valence-corrected chi connectivity index (χ4v) is 10.3. The summed E-state index contributed by atoms with van der Waals surface area (Å²) in [5.41, 5.74) is 0. The van der Waals surface area contributed by atoms with Crippen LogP contribution in [0.15, 0.2) is 12.7 Å². The van der Waals surface area contributed by atoms with Crippen LogP contribution in [-0.2, 0) is 14.4 Å². The molecule has 9 heteroatoms. The van der Waals surface area contributed by atoms with Crippen LogP contribution < -0.4 is 0 Å². The maximum absolute atomic E-state index is 14.4. The number of carboxylic acids is 1. The summed E-state index contributed by atoms with van der Waals surface area (Å²) in [7, 11) is 0. The Morgan fingerprint density at radius 1 is 1.33 bits per heavy atom. The van der Waals surface area contributed by atoms with Crippen molar-refractivity contribution >= 4 is 45.5 Å². The summed E-state index contributed by atoms with van der Waals surface area (Å²) in [4.78, 5) is 44.0. The van der Waals surface area contributed by atoms with Gasteiger partial charge in [0.1, 0.15) is 6.04 Å². The normalized spacial score (nSPS) is 36.8. The molecule has 3 saturated heterocycles. The molecule has 2 N–H and O–H groups in total. The number of aliphatic hydroxyl groups is 1. The van der Waals surface area contributed by atoms with Gasteiger partial charge < -0.3 is 20.0 Å². The smallest absolute Gasteiger partial charge is 0.308 e. The molecular weight excluding hydrogens is 508 g/mol. The van der Waals surface area contributed by atoms with Crippen molar-refractivity contribution in [3.8, 4) is 0 Å². The fraction of sp³-hybridized carbons (Fsp3) is 0.792. The van der Waals surface area contributed by atoms with Gasteiger partial charge in [-0.25, -0.2) is 0 Å². The van der Waals surface area contributed by atoms with Gasteiger partial charge in [-0.2, -0.15) is 0 Å². The molecule has 1 aliphatic carbocycles. The van der Waals surface area contributed by atoms with Crippen LogP contribution in [0.1, 0.15) is 52.4 Å². The first kappa shape index (κ1) is 25.0. The summed E-state index contributed by atoms with van der Waals surface area (Å²) < 4.78 is -0.799. The van der Waals surface area contributed by atoms with E-state index in [2.05, 4.69) is 22.5 Å². The van der Waals surface area contributed by atoms with E-state index in [-0.39, 0.29) is 40.5 Å². The van der Waals surface area contributed by atoms with E-state index < -0.39 is 34.6 Å². The summed E-state index contributed by atoms with van der Waals surface area (Å²) in [5, 5.41) is 20.1. The maximum atomic E-state index is 14.4. The lowest BCUT2D eigenvalue weighted by Gasteiger charge is -2.43. The van der Waals surface area contributed by atoms with Gasteiger partial charge in [0.15, 0.2) is 0 Å². The standard InChI is InChI=1S/C24H35BrN2O5S/c1-4-10-26(14-8-6-5-7-9-14)22(30)20-24-11-15(25)19(33-24)17(23(31)32)18(24)21(29)27(20)16(12-28)13(2)3/h4,13-20,28H,1,5-12H2,2-3H3,(H,31,32)/t15?,16-,17-,18-,19-,20?,24?/m0/s1. The topological polar surface area (TPSA) is 98.2 Å². The molecule has 7 atom stereocenters. The van der Waals surface area contributed by atoms with Gasteiger partial charge in [0.25, 0.3) is 0 Å². The molecule has 0 radical (unpaired) electrons. The summed E-state index contributed by atoms with van der Waals surface area (Å²) in [6.45, 7) is 7.87. The Balaban J connectivity index is 1.81. The van der Waals surface area contributed by atoms with Gasteiger partial charge in [0.05, 0.1) is 29.2 Å². The Bertz CT molecular complexity index is 819. The van der Waals surface area contributed by atoms with Crippen LogP contribution in [0.5, 0.6) is 0 Å². The monoisotopic (exact) mass is 542 g/mol. The molecule has 4 fully saturated rings. The van der Waals surface area contributed by atoms with Gasteiger partial charge in [-0.1, -0.05) is 55.1 Å². The van der Waals surface area contributed by atoms with Crippen molar-refractivity contribution in [2.24, 2.45) is 17.8 Å². The first-order valence-electron chi connectivity index (χ1n) is 12.1. The van der Waals surface area contributed by atoms with Gasteiger partial charge in [0, 0.05) is 22.7 Å². The number of aliphatic hydroxyl groups excluding tert-OH is 1. The summed E-state index contributed by atoms with van der Waals surface area (Å²) >= 11 is 5.19. The highest BCUT2D eigenvalue weighted by Gasteiger charge is 2.76. The number of alkyl halides is 1. The first-order chi connectivity index (χ1) is 15.7. The van der Waals surface area contributed by atoms with E-state index in [1.807, 2.05) is 18.7 Å². The lowest BCUT2D eigenvalue weighted by atomic mass is 9.71. The Hall–Kier alpha value is -1.06. The number of hydrogen-bond acceptors (Lipinski definition) is 5. The lowest BCUT2D eigenvalue weighted by molar-refractivity contribution is -0.150. The molecule has 3 unspecified atom stereocenters. The highest BCUT2D eigenvalue weighted by molar-refractivity contribution is 9.09. The van der Waals surface area contributed by atoms with Crippen LogP contribution in [0.25, 0.3) is 0 Å². The van der Waals surface area contributed by atoms with Gasteiger partial charge >= 0.3 is 5.97 Å². The molecule has 1 saturated carbocycles. The highest BCUT2D eigenvalue weighted by Crippen LogP contribution is 2.68. The van der Waals surface area contributed by atoms with Gasteiger partial charge in [-0.15, -0.1) is 18.3 Å². The molecule has 7 nitrogen and oxygen atoms in total. The van der Waals surface area contributed by atoms with Crippen molar-refractivity contribution in [2.75, 3.05) is 13.2 Å². The molecule has 0 aromatic heterocycles. The Kier molecular flexibility index (Phi) is 7.23. The molecule has 3 aliphatic heterocycles. The second-order valence-corrected chi connectivity index (χ2v) is 13.0. The average Bonchev–Trinajstić information content (AvgIpc) is 3.36. The van der Waals surface area contributed by atoms with Crippen LogP contribution in [0.4, 0.5) is 0 Å². The SMILES string of the molecule is C=CCN(C(=O)C1N([C@@H](CO)C(C)C)C(=O)[C@@H]2[C@H](C(=O)O)[C@H]3SC12CC3Br)C1CCCCC1. The summed E-state index contributed by atoms with van der Waals surface area (Å²) in [5.74, 6) is -3.05. The maximum Gasteiger partial charge on any atom is 0.308 e. The van der Waals surface area contributed by atoms with Crippen LogP contribution in [0.2, 0.25) is 0 Å². The van der Waals surface area contributed by atoms with E-state index in [9.17, 15) is 24.6 Å². The van der Waals surface area contributed by atoms with E-state index in [1.165, 1.54) is 11.8 Å². The third kappa shape index (κ3) is 3.86. The van der Waals surface area contributed by atoms with Crippen molar-refractivity contribution in [3.63, 3.8) is 0 Å². The third-order valence-corrected chi connectivity index (χ3v) is 11.4. The van der Waals surface area contributed by atoms with E-state index in [4.69, 9.17) is 0 Å². The predicted molar refractivity (Wildman–Crippen MR) is 131 cm³/mol. The number of thioether (sulfide) groups is 1. The molecule has 0 aromatic rings. The quantitative estimate of drug-likeness (QED) is 0.361. The number of fused-ring (bicyclic) bond motifs is 1. The lowest BCUT2D eigenvalue weighted by Crippen LogP contribution is -2.60. The number of halogens is 1. The van der Waals surface area contributed by atoms with Crippen molar-refractivity contribution < 1.29 is 24.6 Å². The number of aliphatic carboxylic acids is 1. The Morgan fingerprint density at radius 3 is 2.55 bits per heavy atom. The second kappa shape index (κ2) is 9.53. The predicted octanol–water partition coefficient (Wildman–Crippen LogP) is 2.90. The zero-order chi connectivity index (χ0) is 24.1. The molecule has 33 heavy (non-hydrogen) atoms. The Morgan fingerprint density at radius 2 is 2.00 bits per heavy atom. The van der Waals surface area contributed by atoms with Gasteiger partial charge in [-0.3, -0.25) is 14.4 Å². The van der Waals surface area contributed by atoms with Gasteiger partial charge in [-0.05, 0) is 25.2 Å². The zero-order valence-corrected chi connectivity index (χ0v) is 21.8. The molecule has 3 heterocycles. The first-order valence-corrected chi connectivity index (χ1v) is 13.9. The van der Waals surface area contributed by atoms with Crippen LogP contribution in [0.3, 0.4) is 0 Å². The third-order valence-electron chi connectivity index (χ3n) is 8.18. The van der Waals surface area contributed by atoms with E-state index in [1.54, 1.807) is 11.0 Å². The summed E-state index contributed by atoms with van der Waals surface area (Å²) in [6, 6.07) is -1.22. The van der Waals surface area contributed by atoms with E-state index in [0.717, 1.165) is 32.1 Å². The zero-order valence-electron chi connectivity index (χ0n) is 19.4. The number of nitrogens with zero attached hydrogens (tertiary/aromatic N) is 2. The van der Waals surface area contributed by atoms with Gasteiger partial charge in [0.2, 0.25) is 11.8 Å². The van der Waals surface area contributed by atoms with Crippen molar-refractivity contribution in [3.05, 3.63) is 12.7 Å².